The van der Waals surface area contributed by atoms with Gasteiger partial charge in [-0.05, 0) is 40.8 Å². The molecule has 5 heteroatoms. The van der Waals surface area contributed by atoms with Crippen molar-refractivity contribution in [1.82, 2.24) is 0 Å². The fraction of sp³-hybridized carbons (Fsp3) is 0.333. The number of hydrogen-bond acceptors (Lipinski definition) is 3. The molecule has 0 aliphatic rings. The van der Waals surface area contributed by atoms with Crippen LogP contribution in [0.15, 0.2) is 24.3 Å². The summed E-state index contributed by atoms with van der Waals surface area (Å²) in [5.41, 5.74) is 0.697. The smallest absolute Gasteiger partial charge is 0.308 e. The highest BCUT2D eigenvalue weighted by molar-refractivity contribution is 14.1. The minimum absolute atomic E-state index is 0.222. The molecule has 0 aromatic heterocycles. The highest BCUT2D eigenvalue weighted by Gasteiger charge is 2.11. The van der Waals surface area contributed by atoms with E-state index in [0.717, 1.165) is 3.57 Å². The highest BCUT2D eigenvalue weighted by Crippen LogP contribution is 2.12. The average Bonchev–Trinajstić information content (AvgIpc) is 2.25. The van der Waals surface area contributed by atoms with E-state index < -0.39 is 0 Å². The third-order valence-electron chi connectivity index (χ3n) is 1.93. The van der Waals surface area contributed by atoms with E-state index in [1.807, 2.05) is 18.2 Å². The topological polar surface area (TPSA) is 55.4 Å². The molecular weight excluding hydrogens is 333 g/mol. The summed E-state index contributed by atoms with van der Waals surface area (Å²) in [4.78, 5) is 22.6. The zero-order valence-electron chi connectivity index (χ0n) is 9.70. The molecule has 0 atom stereocenters. The largest absolute Gasteiger partial charge is 0.455 e. The molecule has 0 saturated carbocycles. The fourth-order valence-electron chi connectivity index (χ4n) is 1.07. The number of halogens is 1. The van der Waals surface area contributed by atoms with Crippen molar-refractivity contribution in [2.24, 2.45) is 5.92 Å². The Morgan fingerprint density at radius 2 is 2.12 bits per heavy atom. The molecule has 0 unspecified atom stereocenters. The maximum atomic E-state index is 11.5. The van der Waals surface area contributed by atoms with Crippen LogP contribution in [0.5, 0.6) is 0 Å². The SMILES string of the molecule is CC(C)C(=O)OCC(=O)Nc1cccc(I)c1. The number of amides is 1. The molecule has 17 heavy (non-hydrogen) atoms. The first kappa shape index (κ1) is 14.0. The maximum Gasteiger partial charge on any atom is 0.308 e. The lowest BCUT2D eigenvalue weighted by molar-refractivity contribution is -0.150. The monoisotopic (exact) mass is 347 g/mol. The number of nitrogens with one attached hydrogen (secondary N) is 1. The second-order valence-corrected chi connectivity index (χ2v) is 5.07. The van der Waals surface area contributed by atoms with Crippen LogP contribution >= 0.6 is 22.6 Å². The van der Waals surface area contributed by atoms with E-state index in [2.05, 4.69) is 27.9 Å². The third kappa shape index (κ3) is 5.16. The van der Waals surface area contributed by atoms with Gasteiger partial charge in [0, 0.05) is 9.26 Å². The van der Waals surface area contributed by atoms with Crippen molar-refractivity contribution in [3.05, 3.63) is 27.8 Å². The first-order chi connectivity index (χ1) is 7.99. The van der Waals surface area contributed by atoms with E-state index in [9.17, 15) is 9.59 Å². The first-order valence-electron chi connectivity index (χ1n) is 5.21. The van der Waals surface area contributed by atoms with Gasteiger partial charge in [-0.25, -0.2) is 0 Å². The summed E-state index contributed by atoms with van der Waals surface area (Å²) in [5.74, 6) is -0.927. The van der Waals surface area contributed by atoms with Crippen LogP contribution in [0.1, 0.15) is 13.8 Å². The van der Waals surface area contributed by atoms with Gasteiger partial charge >= 0.3 is 5.97 Å². The zero-order valence-corrected chi connectivity index (χ0v) is 11.9. The summed E-state index contributed by atoms with van der Waals surface area (Å²) < 4.78 is 5.84. The predicted molar refractivity (Wildman–Crippen MR) is 73.6 cm³/mol. The van der Waals surface area contributed by atoms with E-state index in [1.165, 1.54) is 0 Å². The van der Waals surface area contributed by atoms with E-state index in [0.29, 0.717) is 5.69 Å². The first-order valence-corrected chi connectivity index (χ1v) is 6.29. The fourth-order valence-corrected chi connectivity index (χ4v) is 1.61. The van der Waals surface area contributed by atoms with Crippen LogP contribution in [0.3, 0.4) is 0 Å². The Morgan fingerprint density at radius 1 is 1.41 bits per heavy atom. The van der Waals surface area contributed by atoms with Crippen molar-refractivity contribution in [2.75, 3.05) is 11.9 Å². The van der Waals surface area contributed by atoms with Gasteiger partial charge in [-0.15, -0.1) is 0 Å². The molecule has 0 aliphatic heterocycles. The number of anilines is 1. The van der Waals surface area contributed by atoms with Crippen LogP contribution in [-0.2, 0) is 14.3 Å². The van der Waals surface area contributed by atoms with E-state index in [-0.39, 0.29) is 24.4 Å². The Kier molecular flexibility index (Phi) is 5.40. The molecule has 0 heterocycles. The van der Waals surface area contributed by atoms with E-state index in [1.54, 1.807) is 19.9 Å². The van der Waals surface area contributed by atoms with E-state index in [4.69, 9.17) is 4.74 Å². The van der Waals surface area contributed by atoms with Crippen molar-refractivity contribution in [1.29, 1.82) is 0 Å². The molecule has 1 rings (SSSR count). The van der Waals surface area contributed by atoms with Gasteiger partial charge in [0.1, 0.15) is 0 Å². The summed E-state index contributed by atoms with van der Waals surface area (Å²) in [5, 5.41) is 2.66. The summed E-state index contributed by atoms with van der Waals surface area (Å²) >= 11 is 2.16. The second kappa shape index (κ2) is 6.58. The molecule has 0 saturated heterocycles. The lowest BCUT2D eigenvalue weighted by Crippen LogP contribution is -2.22. The summed E-state index contributed by atoms with van der Waals surface area (Å²) in [6, 6.07) is 7.39. The van der Waals surface area contributed by atoms with Gasteiger partial charge in [-0.3, -0.25) is 9.59 Å². The number of carbonyl (C=O) groups excluding carboxylic acids is 2. The van der Waals surface area contributed by atoms with Crippen molar-refractivity contribution < 1.29 is 14.3 Å². The van der Waals surface area contributed by atoms with Crippen LogP contribution in [0.25, 0.3) is 0 Å². The van der Waals surface area contributed by atoms with Gasteiger partial charge in [-0.2, -0.15) is 0 Å². The second-order valence-electron chi connectivity index (χ2n) is 3.82. The Labute approximate surface area is 114 Å². The zero-order chi connectivity index (χ0) is 12.8. The molecule has 4 nitrogen and oxygen atoms in total. The third-order valence-corrected chi connectivity index (χ3v) is 2.60. The minimum atomic E-state index is -0.372. The molecule has 92 valence electrons. The molecule has 0 radical (unpaired) electrons. The number of ether oxygens (including phenoxy) is 1. The van der Waals surface area contributed by atoms with Crippen molar-refractivity contribution >= 4 is 40.2 Å². The normalized spacial score (nSPS) is 10.1. The molecule has 0 bridgehead atoms. The highest BCUT2D eigenvalue weighted by atomic mass is 127. The predicted octanol–water partition coefficient (Wildman–Crippen LogP) is 2.43. The van der Waals surface area contributed by atoms with Crippen LogP contribution in [0.4, 0.5) is 5.69 Å². The Bertz CT molecular complexity index is 418. The van der Waals surface area contributed by atoms with Gasteiger partial charge in [0.05, 0.1) is 5.92 Å². The quantitative estimate of drug-likeness (QED) is 0.672. The lowest BCUT2D eigenvalue weighted by atomic mass is 10.2. The maximum absolute atomic E-state index is 11.5. The number of rotatable bonds is 4. The van der Waals surface area contributed by atoms with Crippen molar-refractivity contribution in [3.63, 3.8) is 0 Å². The molecule has 0 fully saturated rings. The van der Waals surface area contributed by atoms with Gasteiger partial charge in [-0.1, -0.05) is 19.9 Å². The van der Waals surface area contributed by atoms with Gasteiger partial charge < -0.3 is 10.1 Å². The van der Waals surface area contributed by atoms with Crippen LogP contribution in [-0.4, -0.2) is 18.5 Å². The molecule has 1 N–H and O–H groups in total. The molecule has 1 aromatic carbocycles. The average molecular weight is 347 g/mol. The van der Waals surface area contributed by atoms with Crippen LogP contribution < -0.4 is 5.32 Å². The Balaban J connectivity index is 2.43. The van der Waals surface area contributed by atoms with Gasteiger partial charge in [0.25, 0.3) is 5.91 Å². The standard InChI is InChI=1S/C12H14INO3/c1-8(2)12(16)17-7-11(15)14-10-5-3-4-9(13)6-10/h3-6,8H,7H2,1-2H3,(H,14,15). The Morgan fingerprint density at radius 3 is 2.71 bits per heavy atom. The van der Waals surface area contributed by atoms with Gasteiger partial charge in [0.2, 0.25) is 0 Å². The number of benzene rings is 1. The molecule has 1 amide bonds. The van der Waals surface area contributed by atoms with Crippen molar-refractivity contribution in [2.45, 2.75) is 13.8 Å². The Hall–Kier alpha value is -1.11. The summed E-state index contributed by atoms with van der Waals surface area (Å²) in [7, 11) is 0. The van der Waals surface area contributed by atoms with Crippen LogP contribution in [0, 0.1) is 9.49 Å². The van der Waals surface area contributed by atoms with E-state index >= 15 is 0 Å². The molecule has 0 spiro atoms. The molecule has 1 aromatic rings. The molecule has 0 aliphatic carbocycles. The molecular formula is C12H14INO3. The summed E-state index contributed by atoms with van der Waals surface area (Å²) in [6.07, 6.45) is 0. The number of esters is 1. The lowest BCUT2D eigenvalue weighted by Gasteiger charge is -2.08. The van der Waals surface area contributed by atoms with Gasteiger partial charge in [0.15, 0.2) is 6.61 Å². The summed E-state index contributed by atoms with van der Waals surface area (Å²) in [6.45, 7) is 3.20. The van der Waals surface area contributed by atoms with Crippen LogP contribution in [0.2, 0.25) is 0 Å². The number of carbonyl (C=O) groups is 2. The van der Waals surface area contributed by atoms with Crippen molar-refractivity contribution in [3.8, 4) is 0 Å². The number of hydrogen-bond donors (Lipinski definition) is 1. The minimum Gasteiger partial charge on any atom is -0.455 e.